The zero-order valence-electron chi connectivity index (χ0n) is 11.7. The molecule has 5 heteroatoms. The fourth-order valence-corrected chi connectivity index (χ4v) is 2.84. The summed E-state index contributed by atoms with van der Waals surface area (Å²) in [4.78, 5) is 0. The molecule has 0 spiro atoms. The summed E-state index contributed by atoms with van der Waals surface area (Å²) in [5, 5.41) is 23.2. The molecule has 4 nitrogen and oxygen atoms in total. The summed E-state index contributed by atoms with van der Waals surface area (Å²) in [6, 6.07) is 5.56. The maximum Gasteiger partial charge on any atom is 0.105 e. The molecule has 1 heterocycles. The molecular weight excluding hydrogens is 276 g/mol. The van der Waals surface area contributed by atoms with Gasteiger partial charge in [0.2, 0.25) is 0 Å². The van der Waals surface area contributed by atoms with E-state index in [1.807, 2.05) is 13.0 Å². The van der Waals surface area contributed by atoms with E-state index >= 15 is 0 Å². The van der Waals surface area contributed by atoms with Crippen LogP contribution in [-0.2, 0) is 11.2 Å². The molecule has 1 aliphatic rings. The summed E-state index contributed by atoms with van der Waals surface area (Å²) < 4.78 is 5.31. The standard InChI is InChI=1S/C15H19ClN2O2/c1-3-11-12(5-4-10(8-17)14(11)16)18-13-6-7-20-9-15(13,2)19/h4-5,13,18-19H,3,6-7,9H2,1-2H3. The minimum atomic E-state index is -0.913. The van der Waals surface area contributed by atoms with E-state index in [1.54, 1.807) is 13.0 Å². The van der Waals surface area contributed by atoms with Crippen LogP contribution in [0.5, 0.6) is 0 Å². The molecular formula is C15H19ClN2O2. The number of ether oxygens (including phenoxy) is 1. The lowest BCUT2D eigenvalue weighted by Gasteiger charge is -2.38. The van der Waals surface area contributed by atoms with Crippen molar-refractivity contribution in [3.05, 3.63) is 28.3 Å². The average Bonchev–Trinajstić information content (AvgIpc) is 2.41. The van der Waals surface area contributed by atoms with Crippen molar-refractivity contribution in [2.75, 3.05) is 18.5 Å². The van der Waals surface area contributed by atoms with Crippen LogP contribution in [0, 0.1) is 11.3 Å². The third kappa shape index (κ3) is 2.90. The predicted octanol–water partition coefficient (Wildman–Crippen LogP) is 2.73. The number of nitrogens with one attached hydrogen (secondary N) is 1. The Morgan fingerprint density at radius 2 is 2.35 bits per heavy atom. The summed E-state index contributed by atoms with van der Waals surface area (Å²) in [6.07, 6.45) is 1.45. The van der Waals surface area contributed by atoms with E-state index in [9.17, 15) is 5.11 Å². The molecule has 1 saturated heterocycles. The highest BCUT2D eigenvalue weighted by atomic mass is 35.5. The summed E-state index contributed by atoms with van der Waals surface area (Å²) >= 11 is 6.25. The van der Waals surface area contributed by atoms with Crippen LogP contribution >= 0.6 is 11.6 Å². The second-order valence-corrected chi connectivity index (χ2v) is 5.69. The van der Waals surface area contributed by atoms with Gasteiger partial charge in [0.1, 0.15) is 11.7 Å². The first kappa shape index (κ1) is 15.1. The summed E-state index contributed by atoms with van der Waals surface area (Å²) in [7, 11) is 0. The fraction of sp³-hybridized carbons (Fsp3) is 0.533. The van der Waals surface area contributed by atoms with Crippen molar-refractivity contribution in [1.29, 1.82) is 5.26 Å². The number of nitrogens with zero attached hydrogens (tertiary/aromatic N) is 1. The first-order valence-electron chi connectivity index (χ1n) is 6.77. The Hall–Kier alpha value is -1.28. The SMILES string of the molecule is CCc1c(NC2CCOCC2(C)O)ccc(C#N)c1Cl. The van der Waals surface area contributed by atoms with Crippen LogP contribution in [0.1, 0.15) is 31.4 Å². The summed E-state index contributed by atoms with van der Waals surface area (Å²) in [6.45, 7) is 4.70. The minimum absolute atomic E-state index is 0.0921. The molecule has 0 saturated carbocycles. The monoisotopic (exact) mass is 294 g/mol. The van der Waals surface area contributed by atoms with Gasteiger partial charge in [-0.05, 0) is 37.5 Å². The second kappa shape index (κ2) is 6.01. The zero-order valence-corrected chi connectivity index (χ0v) is 12.5. The molecule has 2 unspecified atom stereocenters. The van der Waals surface area contributed by atoms with Crippen LogP contribution in [0.25, 0.3) is 0 Å². The van der Waals surface area contributed by atoms with Crippen LogP contribution in [0.3, 0.4) is 0 Å². The predicted molar refractivity (Wildman–Crippen MR) is 79.0 cm³/mol. The van der Waals surface area contributed by atoms with Gasteiger partial charge in [-0.15, -0.1) is 0 Å². The number of aliphatic hydroxyl groups is 1. The van der Waals surface area contributed by atoms with Gasteiger partial charge in [0.25, 0.3) is 0 Å². The Balaban J connectivity index is 2.30. The van der Waals surface area contributed by atoms with Crippen LogP contribution in [-0.4, -0.2) is 30.0 Å². The number of halogens is 1. The third-order valence-corrected chi connectivity index (χ3v) is 4.17. The maximum atomic E-state index is 10.4. The molecule has 2 atom stereocenters. The molecule has 0 bridgehead atoms. The average molecular weight is 295 g/mol. The number of hydrogen-bond acceptors (Lipinski definition) is 4. The Morgan fingerprint density at radius 1 is 1.60 bits per heavy atom. The lowest BCUT2D eigenvalue weighted by molar-refractivity contribution is -0.0812. The molecule has 108 valence electrons. The number of benzene rings is 1. The second-order valence-electron chi connectivity index (χ2n) is 5.31. The highest BCUT2D eigenvalue weighted by Gasteiger charge is 2.35. The molecule has 1 aliphatic heterocycles. The highest BCUT2D eigenvalue weighted by molar-refractivity contribution is 6.32. The highest BCUT2D eigenvalue weighted by Crippen LogP contribution is 2.31. The van der Waals surface area contributed by atoms with Crippen molar-refractivity contribution in [1.82, 2.24) is 0 Å². The van der Waals surface area contributed by atoms with Gasteiger partial charge in [0, 0.05) is 12.3 Å². The summed E-state index contributed by atoms with van der Waals surface area (Å²) in [5.74, 6) is 0. The van der Waals surface area contributed by atoms with Gasteiger partial charge in [0.15, 0.2) is 0 Å². The zero-order chi connectivity index (χ0) is 14.8. The van der Waals surface area contributed by atoms with Gasteiger partial charge in [-0.2, -0.15) is 5.26 Å². The first-order valence-corrected chi connectivity index (χ1v) is 7.15. The van der Waals surface area contributed by atoms with E-state index in [-0.39, 0.29) is 6.04 Å². The minimum Gasteiger partial charge on any atom is -0.386 e. The molecule has 0 radical (unpaired) electrons. The number of rotatable bonds is 3. The molecule has 20 heavy (non-hydrogen) atoms. The normalized spacial score (nSPS) is 26.1. The van der Waals surface area contributed by atoms with Crippen LogP contribution in [0.15, 0.2) is 12.1 Å². The number of anilines is 1. The quantitative estimate of drug-likeness (QED) is 0.899. The van der Waals surface area contributed by atoms with E-state index in [1.165, 1.54) is 0 Å². The molecule has 2 N–H and O–H groups in total. The van der Waals surface area contributed by atoms with Crippen LogP contribution in [0.4, 0.5) is 5.69 Å². The molecule has 2 rings (SSSR count). The molecule has 0 aliphatic carbocycles. The first-order chi connectivity index (χ1) is 9.49. The van der Waals surface area contributed by atoms with Crippen molar-refractivity contribution in [2.24, 2.45) is 0 Å². The largest absolute Gasteiger partial charge is 0.386 e. The van der Waals surface area contributed by atoms with Crippen molar-refractivity contribution in [3.63, 3.8) is 0 Å². The lowest BCUT2D eigenvalue weighted by Crippen LogP contribution is -2.52. The van der Waals surface area contributed by atoms with E-state index in [0.717, 1.165) is 24.1 Å². The smallest absolute Gasteiger partial charge is 0.105 e. The van der Waals surface area contributed by atoms with E-state index in [4.69, 9.17) is 21.6 Å². The van der Waals surface area contributed by atoms with E-state index in [2.05, 4.69) is 11.4 Å². The van der Waals surface area contributed by atoms with Gasteiger partial charge in [-0.3, -0.25) is 0 Å². The van der Waals surface area contributed by atoms with E-state index in [0.29, 0.717) is 23.8 Å². The topological polar surface area (TPSA) is 65.3 Å². The van der Waals surface area contributed by atoms with Gasteiger partial charge in [0.05, 0.1) is 23.2 Å². The van der Waals surface area contributed by atoms with Crippen LogP contribution < -0.4 is 5.32 Å². The molecule has 1 aromatic rings. The Labute approximate surface area is 124 Å². The van der Waals surface area contributed by atoms with Gasteiger partial charge in [-0.25, -0.2) is 0 Å². The lowest BCUT2D eigenvalue weighted by atomic mass is 9.92. The molecule has 0 aromatic heterocycles. The Kier molecular flexibility index (Phi) is 4.54. The van der Waals surface area contributed by atoms with Crippen molar-refractivity contribution in [2.45, 2.75) is 38.3 Å². The van der Waals surface area contributed by atoms with Gasteiger partial charge < -0.3 is 15.2 Å². The number of nitriles is 1. The molecule has 0 amide bonds. The van der Waals surface area contributed by atoms with Crippen molar-refractivity contribution >= 4 is 17.3 Å². The van der Waals surface area contributed by atoms with Crippen molar-refractivity contribution < 1.29 is 9.84 Å². The van der Waals surface area contributed by atoms with E-state index < -0.39 is 5.60 Å². The van der Waals surface area contributed by atoms with Gasteiger partial charge >= 0.3 is 0 Å². The van der Waals surface area contributed by atoms with Gasteiger partial charge in [-0.1, -0.05) is 18.5 Å². The Morgan fingerprint density at radius 3 is 2.95 bits per heavy atom. The van der Waals surface area contributed by atoms with Crippen molar-refractivity contribution in [3.8, 4) is 6.07 Å². The maximum absolute atomic E-state index is 10.4. The Bertz CT molecular complexity index is 537. The number of hydrogen-bond donors (Lipinski definition) is 2. The molecule has 1 fully saturated rings. The fourth-order valence-electron chi connectivity index (χ4n) is 2.50. The third-order valence-electron chi connectivity index (χ3n) is 3.74. The van der Waals surface area contributed by atoms with Crippen LogP contribution in [0.2, 0.25) is 5.02 Å². The molecule has 1 aromatic carbocycles. The summed E-state index contributed by atoms with van der Waals surface area (Å²) in [5.41, 5.74) is 1.35.